The average molecular weight is 203 g/mol. The van der Waals surface area contributed by atoms with Gasteiger partial charge in [0.05, 0.1) is 0 Å². The first-order chi connectivity index (χ1) is 7.36. The van der Waals surface area contributed by atoms with E-state index in [9.17, 15) is 0 Å². The second-order valence-corrected chi connectivity index (χ2v) is 4.61. The maximum atomic E-state index is 3.56. The molecule has 0 aliphatic carbocycles. The average Bonchev–Trinajstić information content (AvgIpc) is 2.74. The lowest BCUT2D eigenvalue weighted by Crippen LogP contribution is -2.21. The molecule has 0 bridgehead atoms. The van der Waals surface area contributed by atoms with Gasteiger partial charge in [0.1, 0.15) is 0 Å². The lowest BCUT2D eigenvalue weighted by Gasteiger charge is -2.10. The first kappa shape index (κ1) is 10.7. The third kappa shape index (κ3) is 3.07. The molecule has 1 heterocycles. The molecule has 0 radical (unpaired) electrons. The second-order valence-electron chi connectivity index (χ2n) is 4.61. The van der Waals surface area contributed by atoms with Crippen molar-refractivity contribution in [1.29, 1.82) is 0 Å². The van der Waals surface area contributed by atoms with Crippen molar-refractivity contribution in [2.24, 2.45) is 0 Å². The SMILES string of the molecule is Cc1ccccc1CCCC1CCCN1. The summed E-state index contributed by atoms with van der Waals surface area (Å²) >= 11 is 0. The predicted octanol–water partition coefficient (Wildman–Crippen LogP) is 3.07. The largest absolute Gasteiger partial charge is 0.314 e. The van der Waals surface area contributed by atoms with E-state index in [4.69, 9.17) is 0 Å². The van der Waals surface area contributed by atoms with Gasteiger partial charge in [-0.2, -0.15) is 0 Å². The van der Waals surface area contributed by atoms with Crippen LogP contribution in [0.25, 0.3) is 0 Å². The number of hydrogen-bond acceptors (Lipinski definition) is 1. The van der Waals surface area contributed by atoms with Crippen molar-refractivity contribution in [1.82, 2.24) is 5.32 Å². The Balaban J connectivity index is 1.75. The summed E-state index contributed by atoms with van der Waals surface area (Å²) in [5, 5.41) is 3.56. The molecule has 82 valence electrons. The van der Waals surface area contributed by atoms with Crippen LogP contribution in [-0.2, 0) is 6.42 Å². The van der Waals surface area contributed by atoms with Crippen molar-refractivity contribution in [3.63, 3.8) is 0 Å². The van der Waals surface area contributed by atoms with E-state index in [-0.39, 0.29) is 0 Å². The first-order valence-electron chi connectivity index (χ1n) is 6.14. The van der Waals surface area contributed by atoms with Crippen molar-refractivity contribution in [2.45, 2.75) is 45.1 Å². The lowest BCUT2D eigenvalue weighted by molar-refractivity contribution is 0.536. The number of benzene rings is 1. The molecule has 1 aliphatic heterocycles. The highest BCUT2D eigenvalue weighted by Gasteiger charge is 2.12. The van der Waals surface area contributed by atoms with Crippen molar-refractivity contribution < 1.29 is 0 Å². The topological polar surface area (TPSA) is 12.0 Å². The van der Waals surface area contributed by atoms with Crippen molar-refractivity contribution >= 4 is 0 Å². The van der Waals surface area contributed by atoms with E-state index < -0.39 is 0 Å². The van der Waals surface area contributed by atoms with Gasteiger partial charge in [-0.3, -0.25) is 0 Å². The fourth-order valence-electron chi connectivity index (χ4n) is 2.43. The van der Waals surface area contributed by atoms with Crippen LogP contribution in [0.2, 0.25) is 0 Å². The maximum absolute atomic E-state index is 3.56. The summed E-state index contributed by atoms with van der Waals surface area (Å²) in [6.07, 6.45) is 6.66. The summed E-state index contributed by atoms with van der Waals surface area (Å²) in [6.45, 7) is 3.44. The Bertz CT molecular complexity index is 300. The summed E-state index contributed by atoms with van der Waals surface area (Å²) in [5.41, 5.74) is 2.97. The monoisotopic (exact) mass is 203 g/mol. The van der Waals surface area contributed by atoms with Crippen LogP contribution >= 0.6 is 0 Å². The van der Waals surface area contributed by atoms with Crippen LogP contribution in [0.3, 0.4) is 0 Å². The Morgan fingerprint density at radius 2 is 2.20 bits per heavy atom. The molecule has 1 aromatic carbocycles. The Hall–Kier alpha value is -0.820. The fourth-order valence-corrected chi connectivity index (χ4v) is 2.43. The van der Waals surface area contributed by atoms with Gasteiger partial charge in [-0.15, -0.1) is 0 Å². The van der Waals surface area contributed by atoms with E-state index in [1.54, 1.807) is 0 Å². The van der Waals surface area contributed by atoms with Crippen LogP contribution < -0.4 is 5.32 Å². The van der Waals surface area contributed by atoms with E-state index in [1.165, 1.54) is 49.8 Å². The van der Waals surface area contributed by atoms with Crippen molar-refractivity contribution in [3.05, 3.63) is 35.4 Å². The minimum absolute atomic E-state index is 0.800. The quantitative estimate of drug-likeness (QED) is 0.793. The van der Waals surface area contributed by atoms with Crippen molar-refractivity contribution in [2.75, 3.05) is 6.54 Å². The van der Waals surface area contributed by atoms with Gasteiger partial charge in [-0.25, -0.2) is 0 Å². The van der Waals surface area contributed by atoms with Gasteiger partial charge < -0.3 is 5.32 Å². The van der Waals surface area contributed by atoms with Crippen LogP contribution in [0, 0.1) is 6.92 Å². The summed E-state index contributed by atoms with van der Waals surface area (Å²) < 4.78 is 0. The van der Waals surface area contributed by atoms with Gasteiger partial charge in [0.2, 0.25) is 0 Å². The predicted molar refractivity (Wildman–Crippen MR) is 65.1 cm³/mol. The third-order valence-electron chi connectivity index (χ3n) is 3.42. The zero-order chi connectivity index (χ0) is 10.5. The zero-order valence-corrected chi connectivity index (χ0v) is 9.63. The summed E-state index contributed by atoms with van der Waals surface area (Å²) in [6, 6.07) is 9.54. The first-order valence-corrected chi connectivity index (χ1v) is 6.14. The van der Waals surface area contributed by atoms with E-state index in [1.807, 2.05) is 0 Å². The highest BCUT2D eigenvalue weighted by Crippen LogP contribution is 2.15. The normalized spacial score (nSPS) is 20.7. The standard InChI is InChI=1S/C14H21N/c1-12-6-2-3-7-13(12)8-4-9-14-10-5-11-15-14/h2-3,6-7,14-15H,4-5,8-11H2,1H3. The van der Waals surface area contributed by atoms with E-state index in [0.717, 1.165) is 6.04 Å². The molecule has 15 heavy (non-hydrogen) atoms. The van der Waals surface area contributed by atoms with Gasteiger partial charge >= 0.3 is 0 Å². The molecule has 1 heteroatoms. The second kappa shape index (κ2) is 5.32. The molecule has 0 saturated carbocycles. The fraction of sp³-hybridized carbons (Fsp3) is 0.571. The van der Waals surface area contributed by atoms with E-state index >= 15 is 0 Å². The molecule has 1 atom stereocenters. The van der Waals surface area contributed by atoms with Crippen LogP contribution in [0.4, 0.5) is 0 Å². The van der Waals surface area contributed by atoms with Crippen LogP contribution in [0.1, 0.15) is 36.8 Å². The summed E-state index contributed by atoms with van der Waals surface area (Å²) in [7, 11) is 0. The Labute approximate surface area is 92.9 Å². The Kier molecular flexibility index (Phi) is 3.79. The highest BCUT2D eigenvalue weighted by molar-refractivity contribution is 5.25. The van der Waals surface area contributed by atoms with Gasteiger partial charge in [0.15, 0.2) is 0 Å². The molecule has 1 nitrogen and oxygen atoms in total. The van der Waals surface area contributed by atoms with Gasteiger partial charge in [-0.05, 0) is 56.7 Å². The van der Waals surface area contributed by atoms with Crippen molar-refractivity contribution in [3.8, 4) is 0 Å². The summed E-state index contributed by atoms with van der Waals surface area (Å²) in [5.74, 6) is 0. The molecule has 0 aromatic heterocycles. The Morgan fingerprint density at radius 1 is 1.33 bits per heavy atom. The van der Waals surface area contributed by atoms with Gasteiger partial charge in [0, 0.05) is 6.04 Å². The molecule has 1 fully saturated rings. The molecule has 2 rings (SSSR count). The van der Waals surface area contributed by atoms with Gasteiger partial charge in [-0.1, -0.05) is 24.3 Å². The third-order valence-corrected chi connectivity index (χ3v) is 3.42. The molecule has 1 aliphatic rings. The van der Waals surface area contributed by atoms with Crippen LogP contribution in [0.5, 0.6) is 0 Å². The molecule has 1 N–H and O–H groups in total. The van der Waals surface area contributed by atoms with E-state index in [0.29, 0.717) is 0 Å². The van der Waals surface area contributed by atoms with Crippen LogP contribution in [0.15, 0.2) is 24.3 Å². The van der Waals surface area contributed by atoms with Crippen LogP contribution in [-0.4, -0.2) is 12.6 Å². The Morgan fingerprint density at radius 3 is 2.93 bits per heavy atom. The molecule has 1 unspecified atom stereocenters. The molecule has 1 aromatic rings. The summed E-state index contributed by atoms with van der Waals surface area (Å²) in [4.78, 5) is 0. The number of aryl methyl sites for hydroxylation is 2. The lowest BCUT2D eigenvalue weighted by atomic mass is 10.0. The highest BCUT2D eigenvalue weighted by atomic mass is 14.9. The minimum atomic E-state index is 0.800. The zero-order valence-electron chi connectivity index (χ0n) is 9.63. The molecular weight excluding hydrogens is 182 g/mol. The van der Waals surface area contributed by atoms with Gasteiger partial charge in [0.25, 0.3) is 0 Å². The minimum Gasteiger partial charge on any atom is -0.314 e. The molecule has 0 spiro atoms. The molecule has 0 amide bonds. The number of rotatable bonds is 4. The number of hydrogen-bond donors (Lipinski definition) is 1. The number of nitrogens with one attached hydrogen (secondary N) is 1. The smallest absolute Gasteiger partial charge is 0.00676 e. The maximum Gasteiger partial charge on any atom is 0.00676 e. The molecule has 1 saturated heterocycles. The molecular formula is C14H21N. The van der Waals surface area contributed by atoms with E-state index in [2.05, 4.69) is 36.5 Å².